The van der Waals surface area contributed by atoms with Crippen molar-refractivity contribution >= 4 is 21.9 Å². The molecular formula is C10H19N3O5S. The molecule has 9 heteroatoms. The molecule has 4 N–H and O–H groups in total. The first kappa shape index (κ1) is 15.9. The van der Waals surface area contributed by atoms with Crippen LogP contribution in [0.1, 0.15) is 19.3 Å². The Balaban J connectivity index is 2.36. The monoisotopic (exact) mass is 293 g/mol. The Hall–Kier alpha value is -1.19. The van der Waals surface area contributed by atoms with Crippen molar-refractivity contribution in [3.05, 3.63) is 0 Å². The first-order chi connectivity index (χ1) is 8.78. The largest absolute Gasteiger partial charge is 0.481 e. The molecular weight excluding hydrogens is 274 g/mol. The Labute approximate surface area is 112 Å². The van der Waals surface area contributed by atoms with Gasteiger partial charge in [0.2, 0.25) is 15.9 Å². The van der Waals surface area contributed by atoms with Crippen molar-refractivity contribution in [2.45, 2.75) is 25.3 Å². The molecule has 0 aromatic heterocycles. The van der Waals surface area contributed by atoms with E-state index in [1.165, 1.54) is 0 Å². The van der Waals surface area contributed by atoms with Crippen LogP contribution in [-0.2, 0) is 19.6 Å². The number of nitrogens with one attached hydrogen (secondary N) is 1. The van der Waals surface area contributed by atoms with Crippen molar-refractivity contribution in [2.24, 2.45) is 5.73 Å². The highest BCUT2D eigenvalue weighted by Gasteiger charge is 2.24. The molecule has 0 radical (unpaired) electrons. The summed E-state index contributed by atoms with van der Waals surface area (Å²) in [4.78, 5) is 22.9. The third-order valence-electron chi connectivity index (χ3n) is 2.90. The summed E-state index contributed by atoms with van der Waals surface area (Å²) >= 11 is 0. The Kier molecular flexibility index (Phi) is 5.70. The smallest absolute Gasteiger partial charge is 0.304 e. The standard InChI is InChI=1S/C10H19N3O5S/c11-9(14)7-13-4-1-8(2-5-13)12-19(17,18)6-3-10(15)16/h8,12H,1-7H2,(H2,11,14)(H,15,16). The second kappa shape index (κ2) is 6.83. The first-order valence-corrected chi connectivity index (χ1v) is 7.66. The second-order valence-corrected chi connectivity index (χ2v) is 6.47. The van der Waals surface area contributed by atoms with Crippen LogP contribution in [0.3, 0.4) is 0 Å². The molecule has 8 nitrogen and oxygen atoms in total. The van der Waals surface area contributed by atoms with Gasteiger partial charge >= 0.3 is 5.97 Å². The molecule has 1 saturated heterocycles. The van der Waals surface area contributed by atoms with E-state index >= 15 is 0 Å². The van der Waals surface area contributed by atoms with Crippen LogP contribution in [0.5, 0.6) is 0 Å². The average molecular weight is 293 g/mol. The van der Waals surface area contributed by atoms with Crippen LogP contribution in [0.4, 0.5) is 0 Å². The highest BCUT2D eigenvalue weighted by Crippen LogP contribution is 2.11. The van der Waals surface area contributed by atoms with Gasteiger partial charge in [0.15, 0.2) is 0 Å². The van der Waals surface area contributed by atoms with Crippen LogP contribution in [0, 0.1) is 0 Å². The van der Waals surface area contributed by atoms with Crippen molar-refractivity contribution in [1.82, 2.24) is 9.62 Å². The van der Waals surface area contributed by atoms with Crippen molar-refractivity contribution in [3.8, 4) is 0 Å². The second-order valence-electron chi connectivity index (χ2n) is 4.60. The van der Waals surface area contributed by atoms with E-state index in [-0.39, 0.29) is 12.6 Å². The molecule has 0 saturated carbocycles. The van der Waals surface area contributed by atoms with Crippen LogP contribution >= 0.6 is 0 Å². The Morgan fingerprint density at radius 2 is 1.89 bits per heavy atom. The van der Waals surface area contributed by atoms with Gasteiger partial charge in [-0.2, -0.15) is 0 Å². The number of aliphatic carboxylic acids is 1. The van der Waals surface area contributed by atoms with Crippen molar-refractivity contribution in [3.63, 3.8) is 0 Å². The van der Waals surface area contributed by atoms with Gasteiger partial charge < -0.3 is 10.8 Å². The molecule has 19 heavy (non-hydrogen) atoms. The maximum atomic E-state index is 11.6. The molecule has 0 unspecified atom stereocenters. The molecule has 1 amide bonds. The number of nitrogens with zero attached hydrogens (tertiary/aromatic N) is 1. The van der Waals surface area contributed by atoms with E-state index in [0.29, 0.717) is 25.9 Å². The number of amides is 1. The fourth-order valence-corrected chi connectivity index (χ4v) is 3.27. The maximum Gasteiger partial charge on any atom is 0.304 e. The average Bonchev–Trinajstić information content (AvgIpc) is 2.28. The molecule has 1 aliphatic rings. The zero-order valence-electron chi connectivity index (χ0n) is 10.5. The SMILES string of the molecule is NC(=O)CN1CCC(NS(=O)(=O)CCC(=O)O)CC1. The highest BCUT2D eigenvalue weighted by molar-refractivity contribution is 7.89. The number of primary amides is 1. The third-order valence-corrected chi connectivity index (χ3v) is 4.33. The quantitative estimate of drug-likeness (QED) is 0.514. The molecule has 1 fully saturated rings. The van der Waals surface area contributed by atoms with Gasteiger partial charge in [-0.15, -0.1) is 0 Å². The summed E-state index contributed by atoms with van der Waals surface area (Å²) in [6.07, 6.45) is 0.759. The van der Waals surface area contributed by atoms with E-state index in [4.69, 9.17) is 10.8 Å². The third kappa shape index (κ3) is 6.50. The van der Waals surface area contributed by atoms with Gasteiger partial charge in [-0.3, -0.25) is 14.5 Å². The lowest BCUT2D eigenvalue weighted by Crippen LogP contribution is -2.47. The summed E-state index contributed by atoms with van der Waals surface area (Å²) in [5.41, 5.74) is 5.08. The summed E-state index contributed by atoms with van der Waals surface area (Å²) in [6, 6.07) is -0.206. The lowest BCUT2D eigenvalue weighted by molar-refractivity contribution is -0.136. The molecule has 0 bridgehead atoms. The minimum atomic E-state index is -3.56. The number of carboxylic acid groups (broad SMARTS) is 1. The van der Waals surface area contributed by atoms with Gasteiger partial charge in [-0.1, -0.05) is 0 Å². The van der Waals surface area contributed by atoms with Gasteiger partial charge in [0, 0.05) is 19.1 Å². The van der Waals surface area contributed by atoms with E-state index in [2.05, 4.69) is 4.72 Å². The Bertz CT molecular complexity index is 428. The minimum absolute atomic E-state index is 0.179. The van der Waals surface area contributed by atoms with Crippen LogP contribution in [0.15, 0.2) is 0 Å². The number of nitrogens with two attached hydrogens (primary N) is 1. The first-order valence-electron chi connectivity index (χ1n) is 6.01. The van der Waals surface area contributed by atoms with Gasteiger partial charge in [0.25, 0.3) is 0 Å². The van der Waals surface area contributed by atoms with E-state index < -0.39 is 34.1 Å². The summed E-state index contributed by atoms with van der Waals surface area (Å²) in [5, 5.41) is 8.46. The molecule has 0 aromatic rings. The molecule has 0 aliphatic carbocycles. The molecule has 0 aromatic carbocycles. The van der Waals surface area contributed by atoms with Crippen molar-refractivity contribution in [1.29, 1.82) is 0 Å². The summed E-state index contributed by atoms with van der Waals surface area (Å²) in [6.45, 7) is 1.36. The number of hydrogen-bond donors (Lipinski definition) is 3. The fourth-order valence-electron chi connectivity index (χ4n) is 1.96. The number of sulfonamides is 1. The Morgan fingerprint density at radius 1 is 1.32 bits per heavy atom. The normalized spacial score (nSPS) is 18.3. The molecule has 1 rings (SSSR count). The zero-order valence-corrected chi connectivity index (χ0v) is 11.4. The minimum Gasteiger partial charge on any atom is -0.481 e. The number of carboxylic acids is 1. The lowest BCUT2D eigenvalue weighted by atomic mass is 10.1. The number of hydrogen-bond acceptors (Lipinski definition) is 5. The van der Waals surface area contributed by atoms with E-state index in [1.54, 1.807) is 0 Å². The maximum absolute atomic E-state index is 11.6. The molecule has 110 valence electrons. The van der Waals surface area contributed by atoms with E-state index in [0.717, 1.165) is 0 Å². The summed E-state index contributed by atoms with van der Waals surface area (Å²) in [7, 11) is -3.56. The number of rotatable bonds is 7. The van der Waals surface area contributed by atoms with Gasteiger partial charge in [-0.05, 0) is 12.8 Å². The topological polar surface area (TPSA) is 130 Å². The fraction of sp³-hybridized carbons (Fsp3) is 0.800. The Morgan fingerprint density at radius 3 is 2.37 bits per heavy atom. The summed E-state index contributed by atoms with van der Waals surface area (Å²) < 4.78 is 25.7. The van der Waals surface area contributed by atoms with Gasteiger partial charge in [-0.25, -0.2) is 13.1 Å². The molecule has 1 heterocycles. The highest BCUT2D eigenvalue weighted by atomic mass is 32.2. The predicted molar refractivity (Wildman–Crippen MR) is 67.8 cm³/mol. The summed E-state index contributed by atoms with van der Waals surface area (Å²) in [5.74, 6) is -1.95. The predicted octanol–water partition coefficient (Wildman–Crippen LogP) is -1.67. The number of piperidine rings is 1. The number of carbonyl (C=O) groups excluding carboxylic acids is 1. The molecule has 1 aliphatic heterocycles. The molecule has 0 atom stereocenters. The van der Waals surface area contributed by atoms with Crippen molar-refractivity contribution < 1.29 is 23.1 Å². The zero-order chi connectivity index (χ0) is 14.5. The number of likely N-dealkylation sites (tertiary alicyclic amines) is 1. The van der Waals surface area contributed by atoms with E-state index in [1.807, 2.05) is 4.90 Å². The van der Waals surface area contributed by atoms with Gasteiger partial charge in [0.05, 0.1) is 18.7 Å². The van der Waals surface area contributed by atoms with Crippen LogP contribution in [0.2, 0.25) is 0 Å². The van der Waals surface area contributed by atoms with E-state index in [9.17, 15) is 18.0 Å². The van der Waals surface area contributed by atoms with Crippen LogP contribution < -0.4 is 10.5 Å². The van der Waals surface area contributed by atoms with Crippen molar-refractivity contribution in [2.75, 3.05) is 25.4 Å². The van der Waals surface area contributed by atoms with Crippen LogP contribution in [-0.4, -0.2) is 61.7 Å². The lowest BCUT2D eigenvalue weighted by Gasteiger charge is -2.31. The van der Waals surface area contributed by atoms with Gasteiger partial charge in [0.1, 0.15) is 0 Å². The molecule has 0 spiro atoms. The van der Waals surface area contributed by atoms with Crippen LogP contribution in [0.25, 0.3) is 0 Å². The number of carbonyl (C=O) groups is 2.